The second kappa shape index (κ2) is 7.62. The second-order valence-corrected chi connectivity index (χ2v) is 6.29. The molecular weight excluding hydrogens is 404 g/mol. The van der Waals surface area contributed by atoms with Gasteiger partial charge >= 0.3 is 6.18 Å². The van der Waals surface area contributed by atoms with E-state index in [9.17, 15) is 13.2 Å². The van der Waals surface area contributed by atoms with Crippen molar-refractivity contribution >= 4 is 28.9 Å². The van der Waals surface area contributed by atoms with Gasteiger partial charge in [0.05, 0.1) is 5.56 Å². The molecule has 2 heterocycles. The SMILES string of the molecule is C/C(=N\Oc1ncc(C(F)(F)F)cc1Cl)c1ccc(-c2ccc(Cl)cc2)o1. The fourth-order valence-corrected chi connectivity index (χ4v) is 2.43. The fraction of sp³-hybridized carbons (Fsp3) is 0.111. The summed E-state index contributed by atoms with van der Waals surface area (Å²) in [5.74, 6) is 0.776. The Morgan fingerprint density at radius 2 is 1.81 bits per heavy atom. The van der Waals surface area contributed by atoms with E-state index in [1.54, 1.807) is 43.3 Å². The smallest absolute Gasteiger partial charge is 0.417 e. The van der Waals surface area contributed by atoms with Crippen LogP contribution in [0.25, 0.3) is 11.3 Å². The van der Waals surface area contributed by atoms with E-state index in [0.717, 1.165) is 11.6 Å². The monoisotopic (exact) mass is 414 g/mol. The molecule has 27 heavy (non-hydrogen) atoms. The minimum atomic E-state index is -4.54. The summed E-state index contributed by atoms with van der Waals surface area (Å²) in [5.41, 5.74) is 0.207. The molecule has 0 N–H and O–H groups in total. The van der Waals surface area contributed by atoms with E-state index >= 15 is 0 Å². The highest BCUT2D eigenvalue weighted by atomic mass is 35.5. The lowest BCUT2D eigenvalue weighted by Crippen LogP contribution is -2.06. The van der Waals surface area contributed by atoms with Crippen LogP contribution < -0.4 is 4.84 Å². The summed E-state index contributed by atoms with van der Waals surface area (Å²) in [7, 11) is 0. The zero-order valence-corrected chi connectivity index (χ0v) is 15.2. The third kappa shape index (κ3) is 4.61. The van der Waals surface area contributed by atoms with Crippen molar-refractivity contribution in [3.63, 3.8) is 0 Å². The fourth-order valence-electron chi connectivity index (χ4n) is 2.11. The van der Waals surface area contributed by atoms with Gasteiger partial charge in [-0.25, -0.2) is 4.98 Å². The van der Waals surface area contributed by atoms with Crippen molar-refractivity contribution in [2.45, 2.75) is 13.1 Å². The van der Waals surface area contributed by atoms with E-state index in [2.05, 4.69) is 10.1 Å². The first-order valence-corrected chi connectivity index (χ1v) is 8.30. The van der Waals surface area contributed by atoms with Crippen LogP contribution >= 0.6 is 23.2 Å². The van der Waals surface area contributed by atoms with Gasteiger partial charge in [0.15, 0.2) is 5.76 Å². The summed E-state index contributed by atoms with van der Waals surface area (Å²) >= 11 is 11.6. The standard InChI is InChI=1S/C18H11Cl2F3N2O2/c1-10(15-6-7-16(26-15)11-2-4-13(19)5-3-11)25-27-17-14(20)8-12(9-24-17)18(21,22)23/h2-9H,1H3/b25-10+. The van der Waals surface area contributed by atoms with Crippen LogP contribution in [-0.2, 0) is 6.18 Å². The van der Waals surface area contributed by atoms with E-state index in [-0.39, 0.29) is 10.9 Å². The van der Waals surface area contributed by atoms with Crippen molar-refractivity contribution < 1.29 is 22.4 Å². The summed E-state index contributed by atoms with van der Waals surface area (Å²) in [5, 5.41) is 4.12. The highest BCUT2D eigenvalue weighted by Gasteiger charge is 2.31. The molecule has 0 fully saturated rings. The Bertz CT molecular complexity index is 983. The number of halogens is 5. The van der Waals surface area contributed by atoms with Crippen molar-refractivity contribution in [1.29, 1.82) is 0 Å². The van der Waals surface area contributed by atoms with Gasteiger partial charge in [-0.05, 0) is 49.4 Å². The van der Waals surface area contributed by atoms with E-state index < -0.39 is 11.7 Å². The summed E-state index contributed by atoms with van der Waals surface area (Å²) < 4.78 is 43.5. The van der Waals surface area contributed by atoms with Crippen molar-refractivity contribution in [3.05, 3.63) is 70.0 Å². The van der Waals surface area contributed by atoms with Crippen LogP contribution in [0.4, 0.5) is 13.2 Å². The maximum absolute atomic E-state index is 12.6. The van der Waals surface area contributed by atoms with Gasteiger partial charge in [-0.1, -0.05) is 28.4 Å². The van der Waals surface area contributed by atoms with Gasteiger partial charge in [0.2, 0.25) is 0 Å². The van der Waals surface area contributed by atoms with Crippen LogP contribution in [0.15, 0.2) is 58.2 Å². The predicted molar refractivity (Wildman–Crippen MR) is 96.2 cm³/mol. The van der Waals surface area contributed by atoms with Crippen LogP contribution in [-0.4, -0.2) is 10.7 Å². The Labute approximate surface area is 162 Å². The molecule has 0 saturated carbocycles. The minimum Gasteiger partial charge on any atom is -0.455 e. The number of alkyl halides is 3. The summed E-state index contributed by atoms with van der Waals surface area (Å²) in [6.07, 6.45) is -3.92. The van der Waals surface area contributed by atoms with E-state index in [4.69, 9.17) is 32.5 Å². The van der Waals surface area contributed by atoms with Gasteiger partial charge in [-0.15, -0.1) is 0 Å². The first-order valence-electron chi connectivity index (χ1n) is 7.54. The molecule has 3 rings (SSSR count). The van der Waals surface area contributed by atoms with Crippen LogP contribution in [0, 0.1) is 0 Å². The zero-order valence-electron chi connectivity index (χ0n) is 13.7. The maximum Gasteiger partial charge on any atom is 0.417 e. The van der Waals surface area contributed by atoms with Gasteiger partial charge in [0.25, 0.3) is 5.88 Å². The van der Waals surface area contributed by atoms with E-state index in [1.165, 1.54) is 0 Å². The number of aromatic nitrogens is 1. The van der Waals surface area contributed by atoms with E-state index in [0.29, 0.717) is 28.5 Å². The Kier molecular flexibility index (Phi) is 5.43. The van der Waals surface area contributed by atoms with E-state index in [1.807, 2.05) is 0 Å². The van der Waals surface area contributed by atoms with Crippen LogP contribution in [0.2, 0.25) is 10.0 Å². The quantitative estimate of drug-likeness (QED) is 0.363. The molecule has 2 aromatic heterocycles. The molecule has 0 spiro atoms. The number of oxime groups is 1. The first-order chi connectivity index (χ1) is 12.7. The first kappa shape index (κ1) is 19.3. The molecule has 4 nitrogen and oxygen atoms in total. The van der Waals surface area contributed by atoms with Gasteiger partial charge in [-0.2, -0.15) is 13.2 Å². The number of benzene rings is 1. The molecule has 0 unspecified atom stereocenters. The predicted octanol–water partition coefficient (Wildman–Crippen LogP) is 6.47. The lowest BCUT2D eigenvalue weighted by molar-refractivity contribution is -0.137. The number of nitrogens with zero attached hydrogens (tertiary/aromatic N) is 2. The van der Waals surface area contributed by atoms with Crippen LogP contribution in [0.3, 0.4) is 0 Å². The molecule has 0 amide bonds. The van der Waals surface area contributed by atoms with Crippen LogP contribution in [0.1, 0.15) is 18.2 Å². The lowest BCUT2D eigenvalue weighted by Gasteiger charge is -2.07. The normalized spacial score (nSPS) is 12.3. The highest BCUT2D eigenvalue weighted by molar-refractivity contribution is 6.31. The van der Waals surface area contributed by atoms with Crippen molar-refractivity contribution in [2.75, 3.05) is 0 Å². The average molecular weight is 415 g/mol. The largest absolute Gasteiger partial charge is 0.455 e. The summed E-state index contributed by atoms with van der Waals surface area (Å²) in [4.78, 5) is 8.60. The van der Waals surface area contributed by atoms with Gasteiger partial charge in [0, 0.05) is 16.8 Å². The van der Waals surface area contributed by atoms with Gasteiger partial charge < -0.3 is 9.25 Å². The zero-order chi connectivity index (χ0) is 19.6. The molecule has 0 aliphatic heterocycles. The molecule has 0 radical (unpaired) electrons. The number of rotatable bonds is 4. The van der Waals surface area contributed by atoms with Gasteiger partial charge in [-0.3, -0.25) is 0 Å². The molecule has 140 valence electrons. The van der Waals surface area contributed by atoms with Gasteiger partial charge in [0.1, 0.15) is 16.5 Å². The molecular formula is C18H11Cl2F3N2O2. The number of furan rings is 1. The topological polar surface area (TPSA) is 47.6 Å². The van der Waals surface area contributed by atoms with Crippen molar-refractivity contribution in [3.8, 4) is 17.2 Å². The average Bonchev–Trinajstić information content (AvgIpc) is 3.10. The van der Waals surface area contributed by atoms with Crippen molar-refractivity contribution in [2.24, 2.45) is 5.16 Å². The van der Waals surface area contributed by atoms with Crippen LogP contribution in [0.5, 0.6) is 5.88 Å². The highest BCUT2D eigenvalue weighted by Crippen LogP contribution is 2.33. The third-order valence-corrected chi connectivity index (χ3v) is 4.02. The number of hydrogen-bond acceptors (Lipinski definition) is 4. The molecule has 0 aliphatic carbocycles. The Hall–Kier alpha value is -2.51. The maximum atomic E-state index is 12.6. The third-order valence-electron chi connectivity index (χ3n) is 3.50. The second-order valence-electron chi connectivity index (χ2n) is 5.45. The molecule has 0 saturated heterocycles. The molecule has 0 atom stereocenters. The molecule has 3 aromatic rings. The number of hydrogen-bond donors (Lipinski definition) is 0. The summed E-state index contributed by atoms with van der Waals surface area (Å²) in [6, 6.07) is 11.2. The van der Waals surface area contributed by atoms with Crippen molar-refractivity contribution in [1.82, 2.24) is 4.98 Å². The molecule has 1 aromatic carbocycles. The lowest BCUT2D eigenvalue weighted by atomic mass is 10.2. The Morgan fingerprint density at radius 3 is 2.44 bits per heavy atom. The minimum absolute atomic E-state index is 0.242. The Balaban J connectivity index is 1.76. The number of pyridine rings is 1. The summed E-state index contributed by atoms with van der Waals surface area (Å²) in [6.45, 7) is 1.61. The molecule has 0 bridgehead atoms. The molecule has 0 aliphatic rings. The Morgan fingerprint density at radius 1 is 1.11 bits per heavy atom. The molecule has 9 heteroatoms.